The molecule has 0 saturated carbocycles. The molecule has 0 aliphatic rings. The van der Waals surface area contributed by atoms with Crippen LogP contribution in [0.25, 0.3) is 0 Å². The van der Waals surface area contributed by atoms with Crippen LogP contribution >= 0.6 is 0 Å². The molecule has 24 heavy (non-hydrogen) atoms. The topological polar surface area (TPSA) is 75.7 Å². The van der Waals surface area contributed by atoms with Gasteiger partial charge in [-0.05, 0) is 51.8 Å². The number of carbonyl (C=O) groups is 1. The molecule has 1 aromatic carbocycles. The maximum Gasteiger partial charge on any atom is 0.318 e. The van der Waals surface area contributed by atoms with Crippen LogP contribution in [-0.2, 0) is 16.7 Å². The van der Waals surface area contributed by atoms with E-state index in [1.54, 1.807) is 23.1 Å². The molecule has 0 fully saturated rings. The number of amides is 2. The molecule has 1 N–H and O–H groups in total. The van der Waals surface area contributed by atoms with Gasteiger partial charge in [0.2, 0.25) is 0 Å². The second-order valence-corrected chi connectivity index (χ2v) is 7.93. The fourth-order valence-corrected chi connectivity index (χ4v) is 2.59. The molecule has 0 heterocycles. The van der Waals surface area contributed by atoms with E-state index >= 15 is 0 Å². The number of rotatable bonds is 8. The lowest BCUT2D eigenvalue weighted by atomic mass is 10.1. The molecule has 0 bridgehead atoms. The van der Waals surface area contributed by atoms with Crippen molar-refractivity contribution >= 4 is 16.1 Å². The Balaban J connectivity index is 2.96. The molecule has 0 saturated heterocycles. The molecule has 0 radical (unpaired) electrons. The highest BCUT2D eigenvalue weighted by Crippen LogP contribution is 2.18. The molecule has 1 unspecified atom stereocenters. The number of hydrogen-bond acceptors (Lipinski definition) is 4. The average Bonchev–Trinajstić information content (AvgIpc) is 2.51. The highest BCUT2D eigenvalue weighted by molar-refractivity contribution is 7.87. The van der Waals surface area contributed by atoms with Crippen molar-refractivity contribution in [1.29, 1.82) is 0 Å². The standard InChI is InChI=1S/C17H28N2O4S/c1-6-14(5)19(17(20)18-13(3)4)12-15-9-8-10-16(11-15)23-24(21,22)7-2/h8-11,13-14H,6-7,12H2,1-5H3,(H,18,20). The summed E-state index contributed by atoms with van der Waals surface area (Å²) < 4.78 is 28.2. The van der Waals surface area contributed by atoms with Gasteiger partial charge in [0.05, 0.1) is 5.75 Å². The fraction of sp³-hybridized carbons (Fsp3) is 0.588. The summed E-state index contributed by atoms with van der Waals surface area (Å²) in [6.07, 6.45) is 0.825. The Morgan fingerprint density at radius 2 is 1.92 bits per heavy atom. The molecule has 0 aliphatic carbocycles. The predicted octanol–water partition coefficient (Wildman–Crippen LogP) is 3.13. The minimum absolute atomic E-state index is 0.0495. The lowest BCUT2D eigenvalue weighted by Crippen LogP contribution is -2.46. The summed E-state index contributed by atoms with van der Waals surface area (Å²) in [5.41, 5.74) is 0.818. The van der Waals surface area contributed by atoms with Crippen LogP contribution in [0.2, 0.25) is 0 Å². The summed E-state index contributed by atoms with van der Waals surface area (Å²) in [6, 6.07) is 6.81. The lowest BCUT2D eigenvalue weighted by Gasteiger charge is -2.30. The third-order valence-electron chi connectivity index (χ3n) is 3.62. The first-order chi connectivity index (χ1) is 11.2. The third kappa shape index (κ3) is 6.39. The maximum atomic E-state index is 12.4. The van der Waals surface area contributed by atoms with Crippen LogP contribution in [-0.4, -0.2) is 37.2 Å². The van der Waals surface area contributed by atoms with Gasteiger partial charge in [0, 0.05) is 18.6 Å². The van der Waals surface area contributed by atoms with Crippen molar-refractivity contribution in [3.8, 4) is 5.75 Å². The quantitative estimate of drug-likeness (QED) is 0.726. The van der Waals surface area contributed by atoms with Gasteiger partial charge in [-0.25, -0.2) is 4.79 Å². The van der Waals surface area contributed by atoms with Gasteiger partial charge >= 0.3 is 16.1 Å². The van der Waals surface area contributed by atoms with Gasteiger partial charge < -0.3 is 14.4 Å². The Morgan fingerprint density at radius 1 is 1.25 bits per heavy atom. The Hall–Kier alpha value is -1.76. The van der Waals surface area contributed by atoms with Crippen molar-refractivity contribution in [3.63, 3.8) is 0 Å². The molecular weight excluding hydrogens is 328 g/mol. The summed E-state index contributed by atoms with van der Waals surface area (Å²) in [5, 5.41) is 2.90. The molecule has 0 aliphatic heterocycles. The van der Waals surface area contributed by atoms with Crippen LogP contribution in [0, 0.1) is 0 Å². The molecule has 136 valence electrons. The van der Waals surface area contributed by atoms with E-state index in [0.29, 0.717) is 6.54 Å². The molecule has 1 rings (SSSR count). The fourth-order valence-electron chi connectivity index (χ4n) is 2.08. The second kappa shape index (κ2) is 8.92. The summed E-state index contributed by atoms with van der Waals surface area (Å²) in [5.74, 6) is 0.176. The third-order valence-corrected chi connectivity index (χ3v) is 4.78. The minimum atomic E-state index is -3.56. The van der Waals surface area contributed by atoms with Crippen molar-refractivity contribution in [1.82, 2.24) is 10.2 Å². The Labute approximate surface area is 145 Å². The number of hydrogen-bond donors (Lipinski definition) is 1. The van der Waals surface area contributed by atoms with Crippen LogP contribution in [0.3, 0.4) is 0 Å². The summed E-state index contributed by atoms with van der Waals surface area (Å²) in [4.78, 5) is 14.1. The molecule has 2 amide bonds. The van der Waals surface area contributed by atoms with E-state index in [2.05, 4.69) is 5.32 Å². The van der Waals surface area contributed by atoms with Gasteiger partial charge in [-0.2, -0.15) is 8.42 Å². The van der Waals surface area contributed by atoms with E-state index in [4.69, 9.17) is 4.18 Å². The minimum Gasteiger partial charge on any atom is -0.382 e. The maximum absolute atomic E-state index is 12.4. The molecule has 6 nitrogen and oxygen atoms in total. The van der Waals surface area contributed by atoms with Gasteiger partial charge in [-0.1, -0.05) is 19.1 Å². The molecule has 7 heteroatoms. The van der Waals surface area contributed by atoms with E-state index < -0.39 is 10.1 Å². The number of benzene rings is 1. The van der Waals surface area contributed by atoms with E-state index in [0.717, 1.165) is 12.0 Å². The lowest BCUT2D eigenvalue weighted by molar-refractivity contribution is 0.171. The van der Waals surface area contributed by atoms with Gasteiger partial charge in [0.25, 0.3) is 0 Å². The van der Waals surface area contributed by atoms with Crippen molar-refractivity contribution in [2.24, 2.45) is 0 Å². The first-order valence-corrected chi connectivity index (χ1v) is 9.84. The molecule has 0 spiro atoms. The van der Waals surface area contributed by atoms with Crippen molar-refractivity contribution in [3.05, 3.63) is 29.8 Å². The largest absolute Gasteiger partial charge is 0.382 e. The number of carbonyl (C=O) groups excluding carboxylic acids is 1. The highest BCUT2D eigenvalue weighted by Gasteiger charge is 2.20. The predicted molar refractivity (Wildman–Crippen MR) is 95.5 cm³/mol. The van der Waals surface area contributed by atoms with E-state index in [9.17, 15) is 13.2 Å². The summed E-state index contributed by atoms with van der Waals surface area (Å²) in [6.45, 7) is 9.75. The second-order valence-electron chi connectivity index (χ2n) is 6.07. The SMILES string of the molecule is CCC(C)N(Cc1cccc(OS(=O)(=O)CC)c1)C(=O)NC(C)C. The van der Waals surface area contributed by atoms with Gasteiger partial charge in [-0.3, -0.25) is 0 Å². The van der Waals surface area contributed by atoms with Crippen molar-refractivity contribution in [2.75, 3.05) is 5.75 Å². The monoisotopic (exact) mass is 356 g/mol. The zero-order chi connectivity index (χ0) is 18.3. The first-order valence-electron chi connectivity index (χ1n) is 8.26. The van der Waals surface area contributed by atoms with Gasteiger partial charge in [-0.15, -0.1) is 0 Å². The van der Waals surface area contributed by atoms with E-state index in [-0.39, 0.29) is 29.6 Å². The van der Waals surface area contributed by atoms with E-state index in [1.807, 2.05) is 33.8 Å². The Morgan fingerprint density at radius 3 is 2.46 bits per heavy atom. The zero-order valence-electron chi connectivity index (χ0n) is 15.1. The molecular formula is C17H28N2O4S. The number of urea groups is 1. The Kier molecular flexibility index (Phi) is 7.54. The molecule has 0 aromatic heterocycles. The first kappa shape index (κ1) is 20.3. The van der Waals surface area contributed by atoms with Crippen LogP contribution in [0.5, 0.6) is 5.75 Å². The molecule has 1 atom stereocenters. The van der Waals surface area contributed by atoms with Crippen LogP contribution < -0.4 is 9.50 Å². The van der Waals surface area contributed by atoms with Crippen molar-refractivity contribution in [2.45, 2.75) is 59.7 Å². The van der Waals surface area contributed by atoms with E-state index in [1.165, 1.54) is 6.92 Å². The van der Waals surface area contributed by atoms with Crippen LogP contribution in [0.15, 0.2) is 24.3 Å². The van der Waals surface area contributed by atoms with Crippen LogP contribution in [0.4, 0.5) is 4.79 Å². The average molecular weight is 356 g/mol. The number of nitrogens with zero attached hydrogens (tertiary/aromatic N) is 1. The zero-order valence-corrected chi connectivity index (χ0v) is 15.9. The normalized spacial score (nSPS) is 12.8. The Bertz CT molecular complexity index is 644. The molecule has 1 aromatic rings. The smallest absolute Gasteiger partial charge is 0.318 e. The van der Waals surface area contributed by atoms with Gasteiger partial charge in [0.1, 0.15) is 5.75 Å². The summed E-state index contributed by atoms with van der Waals surface area (Å²) in [7, 11) is -3.56. The highest BCUT2D eigenvalue weighted by atomic mass is 32.2. The van der Waals surface area contributed by atoms with Crippen molar-refractivity contribution < 1.29 is 17.4 Å². The van der Waals surface area contributed by atoms with Crippen LogP contribution in [0.1, 0.15) is 46.6 Å². The summed E-state index contributed by atoms with van der Waals surface area (Å²) >= 11 is 0. The van der Waals surface area contributed by atoms with Gasteiger partial charge in [0.15, 0.2) is 0 Å². The number of nitrogens with one attached hydrogen (secondary N) is 1.